The molecule has 0 saturated heterocycles. The van der Waals surface area contributed by atoms with Crippen LogP contribution in [0.3, 0.4) is 0 Å². The van der Waals surface area contributed by atoms with E-state index in [2.05, 4.69) is 0 Å². The minimum Gasteiger partial charge on any atom is -0.493 e. The highest BCUT2D eigenvalue weighted by Gasteiger charge is 2.11. The van der Waals surface area contributed by atoms with Crippen LogP contribution in [0.2, 0.25) is 5.02 Å². The highest BCUT2D eigenvalue weighted by atomic mass is 35.5. The summed E-state index contributed by atoms with van der Waals surface area (Å²) in [5, 5.41) is 0.420. The summed E-state index contributed by atoms with van der Waals surface area (Å²) < 4.78 is 15.9. The maximum absolute atomic E-state index is 12.2. The lowest BCUT2D eigenvalue weighted by Crippen LogP contribution is -2.23. The minimum atomic E-state index is -0.144. The maximum atomic E-state index is 12.2. The normalized spacial score (nSPS) is 10.9. The standard InChI is InChI=1S/C18H20ClNO4/c1-12-5-7-14(24-12)11-20(2)17(21)8-6-13-9-15(19)18(23-4)16(10-13)22-3/h5-10H,11H2,1-4H3/b8-6+. The quantitative estimate of drug-likeness (QED) is 0.741. The van der Waals surface area contributed by atoms with Gasteiger partial charge in [0, 0.05) is 13.1 Å². The number of ether oxygens (including phenoxy) is 2. The Hall–Kier alpha value is -2.40. The molecule has 0 spiro atoms. The van der Waals surface area contributed by atoms with Gasteiger partial charge in [0.05, 0.1) is 25.8 Å². The molecule has 24 heavy (non-hydrogen) atoms. The molecule has 1 heterocycles. The Bertz CT molecular complexity index is 751. The maximum Gasteiger partial charge on any atom is 0.246 e. The van der Waals surface area contributed by atoms with Crippen LogP contribution in [-0.2, 0) is 11.3 Å². The van der Waals surface area contributed by atoms with Crippen molar-refractivity contribution >= 4 is 23.6 Å². The third kappa shape index (κ3) is 4.32. The Morgan fingerprint density at radius 2 is 2.04 bits per heavy atom. The van der Waals surface area contributed by atoms with E-state index in [9.17, 15) is 4.79 Å². The first-order valence-electron chi connectivity index (χ1n) is 7.34. The predicted molar refractivity (Wildman–Crippen MR) is 93.5 cm³/mol. The fourth-order valence-electron chi connectivity index (χ4n) is 2.21. The van der Waals surface area contributed by atoms with E-state index in [1.54, 1.807) is 30.2 Å². The average Bonchev–Trinajstić information content (AvgIpc) is 2.96. The Kier molecular flexibility index (Phi) is 5.93. The molecule has 2 aromatic rings. The summed E-state index contributed by atoms with van der Waals surface area (Å²) in [6.45, 7) is 2.27. The zero-order valence-electron chi connectivity index (χ0n) is 14.1. The zero-order chi connectivity index (χ0) is 17.7. The SMILES string of the molecule is COc1cc(/C=C/C(=O)N(C)Cc2ccc(C)o2)cc(Cl)c1OC. The number of carbonyl (C=O) groups is 1. The van der Waals surface area contributed by atoms with Crippen LogP contribution in [-0.4, -0.2) is 32.1 Å². The van der Waals surface area contributed by atoms with Gasteiger partial charge in [0.1, 0.15) is 11.5 Å². The lowest BCUT2D eigenvalue weighted by atomic mass is 10.2. The number of aryl methyl sites for hydroxylation is 1. The molecule has 0 radical (unpaired) electrons. The number of nitrogens with zero attached hydrogens (tertiary/aromatic N) is 1. The van der Waals surface area contributed by atoms with Crippen molar-refractivity contribution in [2.75, 3.05) is 21.3 Å². The largest absolute Gasteiger partial charge is 0.493 e. The third-order valence-corrected chi connectivity index (χ3v) is 3.72. The van der Waals surface area contributed by atoms with Gasteiger partial charge in [0.15, 0.2) is 11.5 Å². The van der Waals surface area contributed by atoms with Crippen LogP contribution in [0.25, 0.3) is 6.08 Å². The Morgan fingerprint density at radius 1 is 1.29 bits per heavy atom. The van der Waals surface area contributed by atoms with Gasteiger partial charge in [0.2, 0.25) is 5.91 Å². The summed E-state index contributed by atoms with van der Waals surface area (Å²) in [5.74, 6) is 2.40. The highest BCUT2D eigenvalue weighted by Crippen LogP contribution is 2.36. The molecule has 1 aromatic heterocycles. The summed E-state index contributed by atoms with van der Waals surface area (Å²) >= 11 is 6.15. The molecular weight excluding hydrogens is 330 g/mol. The van der Waals surface area contributed by atoms with Gasteiger partial charge < -0.3 is 18.8 Å². The molecule has 0 aliphatic carbocycles. The number of hydrogen-bond acceptors (Lipinski definition) is 4. The lowest BCUT2D eigenvalue weighted by Gasteiger charge is -2.13. The molecule has 5 nitrogen and oxygen atoms in total. The molecule has 0 aliphatic rings. The molecule has 128 valence electrons. The van der Waals surface area contributed by atoms with Crippen molar-refractivity contribution < 1.29 is 18.7 Å². The van der Waals surface area contributed by atoms with Crippen molar-refractivity contribution in [3.8, 4) is 11.5 Å². The van der Waals surface area contributed by atoms with E-state index in [-0.39, 0.29) is 5.91 Å². The monoisotopic (exact) mass is 349 g/mol. The van der Waals surface area contributed by atoms with Crippen LogP contribution in [0.5, 0.6) is 11.5 Å². The first-order valence-corrected chi connectivity index (χ1v) is 7.72. The number of methoxy groups -OCH3 is 2. The van der Waals surface area contributed by atoms with E-state index >= 15 is 0 Å². The Balaban J connectivity index is 2.09. The average molecular weight is 350 g/mol. The van der Waals surface area contributed by atoms with E-state index in [1.807, 2.05) is 19.1 Å². The minimum absolute atomic E-state index is 0.144. The molecule has 2 rings (SSSR count). The first-order chi connectivity index (χ1) is 11.4. The summed E-state index contributed by atoms with van der Waals surface area (Å²) in [6, 6.07) is 7.19. The smallest absolute Gasteiger partial charge is 0.246 e. The number of amides is 1. The summed E-state index contributed by atoms with van der Waals surface area (Å²) in [7, 11) is 4.77. The second-order valence-corrected chi connectivity index (χ2v) is 5.69. The molecule has 0 bridgehead atoms. The number of benzene rings is 1. The lowest BCUT2D eigenvalue weighted by molar-refractivity contribution is -0.125. The van der Waals surface area contributed by atoms with E-state index in [0.717, 1.165) is 17.1 Å². The molecule has 0 atom stereocenters. The van der Waals surface area contributed by atoms with E-state index < -0.39 is 0 Å². The van der Waals surface area contributed by atoms with Crippen LogP contribution in [0.1, 0.15) is 17.1 Å². The van der Waals surface area contributed by atoms with E-state index in [4.69, 9.17) is 25.5 Å². The molecule has 0 aliphatic heterocycles. The van der Waals surface area contributed by atoms with Crippen molar-refractivity contribution in [3.05, 3.63) is 52.4 Å². The summed E-state index contributed by atoms with van der Waals surface area (Å²) in [5.41, 5.74) is 0.744. The van der Waals surface area contributed by atoms with Crippen LogP contribution in [0, 0.1) is 6.92 Å². The van der Waals surface area contributed by atoms with Gasteiger partial charge in [0.25, 0.3) is 0 Å². The third-order valence-electron chi connectivity index (χ3n) is 3.44. The Morgan fingerprint density at radius 3 is 2.62 bits per heavy atom. The fourth-order valence-corrected chi connectivity index (χ4v) is 2.51. The van der Waals surface area contributed by atoms with Crippen molar-refractivity contribution in [1.82, 2.24) is 4.90 Å². The van der Waals surface area contributed by atoms with Gasteiger partial charge in [-0.2, -0.15) is 0 Å². The molecule has 6 heteroatoms. The van der Waals surface area contributed by atoms with Gasteiger partial charge in [-0.3, -0.25) is 4.79 Å². The summed E-state index contributed by atoms with van der Waals surface area (Å²) in [4.78, 5) is 13.8. The molecule has 0 N–H and O–H groups in total. The second-order valence-electron chi connectivity index (χ2n) is 5.28. The van der Waals surface area contributed by atoms with Crippen LogP contribution < -0.4 is 9.47 Å². The number of carbonyl (C=O) groups excluding carboxylic acids is 1. The van der Waals surface area contributed by atoms with Crippen LogP contribution in [0.4, 0.5) is 0 Å². The number of likely N-dealkylation sites (N-methyl/N-ethyl adjacent to an activating group) is 1. The van der Waals surface area contributed by atoms with Gasteiger partial charge in [-0.25, -0.2) is 0 Å². The number of rotatable bonds is 6. The number of halogens is 1. The van der Waals surface area contributed by atoms with E-state index in [1.165, 1.54) is 20.3 Å². The highest BCUT2D eigenvalue weighted by molar-refractivity contribution is 6.32. The molecule has 1 aromatic carbocycles. The van der Waals surface area contributed by atoms with Gasteiger partial charge >= 0.3 is 0 Å². The van der Waals surface area contributed by atoms with Crippen LogP contribution in [0.15, 0.2) is 34.8 Å². The fraction of sp³-hybridized carbons (Fsp3) is 0.278. The van der Waals surface area contributed by atoms with Crippen molar-refractivity contribution in [2.45, 2.75) is 13.5 Å². The first kappa shape index (κ1) is 17.9. The number of hydrogen-bond donors (Lipinski definition) is 0. The van der Waals surface area contributed by atoms with E-state index in [0.29, 0.717) is 23.1 Å². The molecular formula is C18H20ClNO4. The molecule has 1 amide bonds. The van der Waals surface area contributed by atoms with Crippen molar-refractivity contribution in [1.29, 1.82) is 0 Å². The van der Waals surface area contributed by atoms with Gasteiger partial charge in [-0.05, 0) is 42.8 Å². The van der Waals surface area contributed by atoms with Crippen LogP contribution >= 0.6 is 11.6 Å². The van der Waals surface area contributed by atoms with Gasteiger partial charge in [-0.15, -0.1) is 0 Å². The molecule has 0 unspecified atom stereocenters. The second kappa shape index (κ2) is 7.93. The zero-order valence-corrected chi connectivity index (χ0v) is 14.9. The van der Waals surface area contributed by atoms with Crippen molar-refractivity contribution in [3.63, 3.8) is 0 Å². The van der Waals surface area contributed by atoms with Crippen molar-refractivity contribution in [2.24, 2.45) is 0 Å². The predicted octanol–water partition coefficient (Wildman–Crippen LogP) is 3.93. The molecule has 0 fully saturated rings. The topological polar surface area (TPSA) is 51.9 Å². The summed E-state index contributed by atoms with van der Waals surface area (Å²) in [6.07, 6.45) is 3.16. The Labute approximate surface area is 146 Å². The number of furan rings is 1. The molecule has 0 saturated carbocycles. The van der Waals surface area contributed by atoms with Gasteiger partial charge in [-0.1, -0.05) is 11.6 Å².